The van der Waals surface area contributed by atoms with Gasteiger partial charge in [-0.15, -0.1) is 0 Å². The van der Waals surface area contributed by atoms with Gasteiger partial charge < -0.3 is 14.2 Å². The van der Waals surface area contributed by atoms with Crippen molar-refractivity contribution in [2.24, 2.45) is 0 Å². The van der Waals surface area contributed by atoms with E-state index in [-0.39, 0.29) is 16.6 Å². The zero-order valence-corrected chi connectivity index (χ0v) is 20.3. The minimum Gasteiger partial charge on any atom is -0.478 e. The highest BCUT2D eigenvalue weighted by molar-refractivity contribution is 5.98. The van der Waals surface area contributed by atoms with Gasteiger partial charge in [-0.05, 0) is 51.1 Å². The quantitative estimate of drug-likeness (QED) is 0.253. The Balaban J connectivity index is 1.90. The highest BCUT2D eigenvalue weighted by atomic mass is 19.4. The highest BCUT2D eigenvalue weighted by Gasteiger charge is 2.42. The van der Waals surface area contributed by atoms with Crippen molar-refractivity contribution in [1.82, 2.24) is 19.7 Å². The molecule has 0 aliphatic rings. The Hall–Kier alpha value is -4.54. The largest absolute Gasteiger partial charge is 0.478 e. The molecule has 4 aromatic heterocycles. The Kier molecular flexibility index (Phi) is 6.01. The standard InChI is InChI=1S/C27H20F4N4O3/c1-13-22(15(3)38-34-13)17-11-21-24(33-12-17)23(18-8-7-16(26(36)37)10-19(18)28)25(27(29,30)31)35(21)14(2)20-6-4-5-9-32-20/h4-12,14H,1-3H3,(H,36,37). The Bertz CT molecular complexity index is 1670. The zero-order chi connectivity index (χ0) is 27.4. The van der Waals surface area contributed by atoms with Crippen molar-refractivity contribution >= 4 is 17.0 Å². The van der Waals surface area contributed by atoms with Crippen LogP contribution in [0, 0.1) is 19.7 Å². The molecule has 0 bridgehead atoms. The smallest absolute Gasteiger partial charge is 0.432 e. The molecule has 1 unspecified atom stereocenters. The Morgan fingerprint density at radius 3 is 2.42 bits per heavy atom. The molecule has 7 nitrogen and oxygen atoms in total. The van der Waals surface area contributed by atoms with Gasteiger partial charge in [0.1, 0.15) is 17.3 Å². The van der Waals surface area contributed by atoms with E-state index < -0.39 is 40.8 Å². The number of fused-ring (bicyclic) bond motifs is 1. The molecule has 0 saturated heterocycles. The molecule has 0 aliphatic carbocycles. The Morgan fingerprint density at radius 2 is 1.84 bits per heavy atom. The number of carboxylic acid groups (broad SMARTS) is 1. The molecule has 0 aliphatic heterocycles. The van der Waals surface area contributed by atoms with Crippen LogP contribution in [0.4, 0.5) is 17.6 Å². The molecular weight excluding hydrogens is 504 g/mol. The second-order valence-electron chi connectivity index (χ2n) is 8.81. The molecule has 0 radical (unpaired) electrons. The number of hydrogen-bond donors (Lipinski definition) is 1. The summed E-state index contributed by atoms with van der Waals surface area (Å²) in [4.78, 5) is 19.9. The van der Waals surface area contributed by atoms with Crippen molar-refractivity contribution in [2.75, 3.05) is 0 Å². The maximum Gasteiger partial charge on any atom is 0.432 e. The lowest BCUT2D eigenvalue weighted by atomic mass is 10.0. The molecule has 4 heterocycles. The van der Waals surface area contributed by atoms with Crippen LogP contribution in [0.15, 0.2) is 59.4 Å². The topological polar surface area (TPSA) is 94.0 Å². The molecule has 0 fully saturated rings. The van der Waals surface area contributed by atoms with Crippen LogP contribution in [0.3, 0.4) is 0 Å². The summed E-state index contributed by atoms with van der Waals surface area (Å²) in [5, 5.41) is 13.1. The van der Waals surface area contributed by atoms with Gasteiger partial charge in [-0.3, -0.25) is 9.97 Å². The van der Waals surface area contributed by atoms with E-state index in [0.717, 1.165) is 16.7 Å². The van der Waals surface area contributed by atoms with E-state index in [2.05, 4.69) is 15.1 Å². The SMILES string of the molecule is Cc1noc(C)c1-c1cnc2c(-c3ccc(C(=O)O)cc3F)c(C(F)(F)F)n(C(C)c3ccccn3)c2c1. The Morgan fingerprint density at radius 1 is 1.08 bits per heavy atom. The number of aromatic carboxylic acids is 1. The number of alkyl halides is 3. The van der Waals surface area contributed by atoms with Crippen molar-refractivity contribution in [3.8, 4) is 22.3 Å². The average molecular weight is 524 g/mol. The van der Waals surface area contributed by atoms with Crippen molar-refractivity contribution < 1.29 is 32.0 Å². The number of carbonyl (C=O) groups is 1. The first kappa shape index (κ1) is 25.1. The molecule has 5 aromatic rings. The van der Waals surface area contributed by atoms with E-state index in [1.54, 1.807) is 39.0 Å². The molecule has 1 atom stereocenters. The van der Waals surface area contributed by atoms with Crippen LogP contribution in [0.1, 0.15) is 46.2 Å². The summed E-state index contributed by atoms with van der Waals surface area (Å²) in [7, 11) is 0. The van der Waals surface area contributed by atoms with Gasteiger partial charge in [0.15, 0.2) is 0 Å². The van der Waals surface area contributed by atoms with Crippen LogP contribution in [-0.2, 0) is 6.18 Å². The van der Waals surface area contributed by atoms with Gasteiger partial charge >= 0.3 is 12.1 Å². The van der Waals surface area contributed by atoms with E-state index in [1.165, 1.54) is 18.5 Å². The van der Waals surface area contributed by atoms with Crippen LogP contribution in [0.25, 0.3) is 33.3 Å². The summed E-state index contributed by atoms with van der Waals surface area (Å²) < 4.78 is 66.0. The van der Waals surface area contributed by atoms with Crippen molar-refractivity contribution in [3.05, 3.63) is 89.1 Å². The molecule has 1 aromatic carbocycles. The molecule has 5 rings (SSSR count). The predicted octanol–water partition coefficient (Wildman–Crippen LogP) is 6.84. The maximum absolute atomic E-state index is 15.2. The third-order valence-electron chi connectivity index (χ3n) is 6.42. The third kappa shape index (κ3) is 4.09. The van der Waals surface area contributed by atoms with Gasteiger partial charge in [-0.1, -0.05) is 17.3 Å². The summed E-state index contributed by atoms with van der Waals surface area (Å²) >= 11 is 0. The average Bonchev–Trinajstić information content (AvgIpc) is 3.40. The Labute approximate surface area is 213 Å². The van der Waals surface area contributed by atoms with E-state index in [9.17, 15) is 23.1 Å². The van der Waals surface area contributed by atoms with Gasteiger partial charge in [-0.2, -0.15) is 13.2 Å². The number of pyridine rings is 2. The number of benzene rings is 1. The summed E-state index contributed by atoms with van der Waals surface area (Å²) in [6.07, 6.45) is -2.07. The lowest BCUT2D eigenvalue weighted by Crippen LogP contribution is -2.19. The predicted molar refractivity (Wildman–Crippen MR) is 130 cm³/mol. The number of aromatic nitrogens is 4. The van der Waals surface area contributed by atoms with Gasteiger partial charge in [0, 0.05) is 34.6 Å². The van der Waals surface area contributed by atoms with Crippen molar-refractivity contribution in [2.45, 2.75) is 33.0 Å². The molecule has 0 spiro atoms. The van der Waals surface area contributed by atoms with Crippen molar-refractivity contribution in [1.29, 1.82) is 0 Å². The second-order valence-corrected chi connectivity index (χ2v) is 8.81. The molecular formula is C27H20F4N4O3. The van der Waals surface area contributed by atoms with E-state index in [4.69, 9.17) is 4.52 Å². The van der Waals surface area contributed by atoms with Crippen LogP contribution < -0.4 is 0 Å². The molecule has 0 amide bonds. The zero-order valence-electron chi connectivity index (χ0n) is 20.3. The highest BCUT2D eigenvalue weighted by Crippen LogP contribution is 2.46. The molecule has 38 heavy (non-hydrogen) atoms. The van der Waals surface area contributed by atoms with Gasteiger partial charge in [0.05, 0.1) is 34.0 Å². The number of hydrogen-bond acceptors (Lipinski definition) is 5. The second kappa shape index (κ2) is 9.09. The van der Waals surface area contributed by atoms with Gasteiger partial charge in [-0.25, -0.2) is 9.18 Å². The lowest BCUT2D eigenvalue weighted by Gasteiger charge is -2.21. The van der Waals surface area contributed by atoms with E-state index in [1.807, 2.05) is 0 Å². The monoisotopic (exact) mass is 524 g/mol. The van der Waals surface area contributed by atoms with Crippen LogP contribution in [0.2, 0.25) is 0 Å². The van der Waals surface area contributed by atoms with Crippen LogP contribution in [-0.4, -0.2) is 30.8 Å². The summed E-state index contributed by atoms with van der Waals surface area (Å²) in [6.45, 7) is 4.95. The number of nitrogens with zero attached hydrogens (tertiary/aromatic N) is 4. The van der Waals surface area contributed by atoms with E-state index >= 15 is 4.39 Å². The lowest BCUT2D eigenvalue weighted by molar-refractivity contribution is -0.143. The van der Waals surface area contributed by atoms with Crippen molar-refractivity contribution in [3.63, 3.8) is 0 Å². The molecule has 1 N–H and O–H groups in total. The van der Waals surface area contributed by atoms with Crippen LogP contribution >= 0.6 is 0 Å². The van der Waals surface area contributed by atoms with Gasteiger partial charge in [0.25, 0.3) is 0 Å². The first-order chi connectivity index (χ1) is 18.0. The fourth-order valence-corrected chi connectivity index (χ4v) is 4.76. The molecule has 11 heteroatoms. The fraction of sp³-hybridized carbons (Fsp3) is 0.185. The normalized spacial score (nSPS) is 12.7. The first-order valence-corrected chi connectivity index (χ1v) is 11.5. The molecule has 194 valence electrons. The minimum atomic E-state index is -4.93. The summed E-state index contributed by atoms with van der Waals surface area (Å²) in [6, 6.07) is 8.31. The van der Waals surface area contributed by atoms with E-state index in [0.29, 0.717) is 34.3 Å². The fourth-order valence-electron chi connectivity index (χ4n) is 4.76. The summed E-state index contributed by atoms with van der Waals surface area (Å²) in [5.74, 6) is -2.05. The summed E-state index contributed by atoms with van der Waals surface area (Å²) in [5.41, 5.74) is -0.492. The number of rotatable bonds is 5. The third-order valence-corrected chi connectivity index (χ3v) is 6.42. The maximum atomic E-state index is 15.2. The molecule has 0 saturated carbocycles. The minimum absolute atomic E-state index is 0.0877. The van der Waals surface area contributed by atoms with Gasteiger partial charge in [0.2, 0.25) is 0 Å². The number of aryl methyl sites for hydroxylation is 2. The number of halogens is 4. The van der Waals surface area contributed by atoms with Crippen LogP contribution in [0.5, 0.6) is 0 Å². The number of carboxylic acids is 1. The first-order valence-electron chi connectivity index (χ1n) is 11.5.